The molecule has 0 saturated heterocycles. The third kappa shape index (κ3) is 5.86. The highest BCUT2D eigenvalue weighted by atomic mass is 15.1. The molecule has 0 bridgehead atoms. The maximum atomic E-state index is 2.48. The normalized spacial score (nSPS) is 13.3. The van der Waals surface area contributed by atoms with Crippen LogP contribution in [0.1, 0.15) is 35.1 Å². The number of hydrogen-bond donors (Lipinski definition) is 0. The number of rotatable bonds is 8. The Bertz CT molecular complexity index is 3390. The average Bonchev–Trinajstić information content (AvgIpc) is 3.85. The van der Waals surface area contributed by atoms with E-state index in [9.17, 15) is 0 Å². The first-order valence-electron chi connectivity index (χ1n) is 22.1. The van der Waals surface area contributed by atoms with Crippen molar-refractivity contribution in [1.29, 1.82) is 0 Å². The minimum atomic E-state index is -0.525. The number of benzene rings is 9. The summed E-state index contributed by atoms with van der Waals surface area (Å²) in [6.45, 7) is 0. The fourth-order valence-corrected chi connectivity index (χ4v) is 10.7. The summed E-state index contributed by atoms with van der Waals surface area (Å²) in [5.41, 5.74) is 17.5. The van der Waals surface area contributed by atoms with Gasteiger partial charge in [0.1, 0.15) is 0 Å². The predicted octanol–water partition coefficient (Wildman–Crippen LogP) is 14.2. The molecule has 0 amide bonds. The van der Waals surface area contributed by atoms with Crippen molar-refractivity contribution in [3.05, 3.63) is 263 Å². The summed E-state index contributed by atoms with van der Waals surface area (Å²) < 4.78 is 2.47. The molecule has 298 valence electrons. The van der Waals surface area contributed by atoms with Crippen LogP contribution in [0.5, 0.6) is 0 Å². The fraction of sp³-hybridized carbons (Fsp3) is 0.0492. The van der Waals surface area contributed by atoms with E-state index >= 15 is 0 Å². The van der Waals surface area contributed by atoms with Gasteiger partial charge in [-0.3, -0.25) is 0 Å². The lowest BCUT2D eigenvalue weighted by Crippen LogP contribution is -2.30. The van der Waals surface area contributed by atoms with Gasteiger partial charge >= 0.3 is 0 Å². The van der Waals surface area contributed by atoms with Crippen molar-refractivity contribution in [1.82, 2.24) is 4.57 Å². The molecule has 0 fully saturated rings. The Kier molecular flexibility index (Phi) is 8.90. The molecule has 9 aromatic carbocycles. The molecule has 0 unspecified atom stereocenters. The Morgan fingerprint density at radius 1 is 0.413 bits per heavy atom. The Balaban J connectivity index is 1.15. The number of nitrogens with zero attached hydrogens (tertiary/aromatic N) is 2. The van der Waals surface area contributed by atoms with Gasteiger partial charge in [-0.05, 0) is 111 Å². The number of aromatic nitrogens is 1. The van der Waals surface area contributed by atoms with Gasteiger partial charge < -0.3 is 9.47 Å². The van der Waals surface area contributed by atoms with Gasteiger partial charge in [0.25, 0.3) is 0 Å². The minimum Gasteiger partial charge on any atom is -0.310 e. The van der Waals surface area contributed by atoms with E-state index in [2.05, 4.69) is 252 Å². The van der Waals surface area contributed by atoms with Crippen LogP contribution in [0, 0.1) is 0 Å². The van der Waals surface area contributed by atoms with E-state index in [0.29, 0.717) is 0 Å². The van der Waals surface area contributed by atoms with Crippen molar-refractivity contribution in [3.63, 3.8) is 0 Å². The van der Waals surface area contributed by atoms with Crippen molar-refractivity contribution >= 4 is 40.1 Å². The molecular weight excluding hydrogens is 761 g/mol. The molecule has 0 spiro atoms. The number of hydrogen-bond acceptors (Lipinski definition) is 1. The van der Waals surface area contributed by atoms with Crippen LogP contribution in [0.3, 0.4) is 0 Å². The van der Waals surface area contributed by atoms with E-state index in [1.807, 2.05) is 0 Å². The van der Waals surface area contributed by atoms with Crippen molar-refractivity contribution in [2.45, 2.75) is 18.3 Å². The summed E-state index contributed by atoms with van der Waals surface area (Å²) in [6, 6.07) is 85.0. The van der Waals surface area contributed by atoms with Crippen LogP contribution in [-0.2, 0) is 5.41 Å². The maximum Gasteiger partial charge on any atom is 0.0714 e. The Morgan fingerprint density at radius 2 is 1.02 bits per heavy atom. The van der Waals surface area contributed by atoms with Crippen LogP contribution in [0.2, 0.25) is 0 Å². The average molecular weight is 805 g/mol. The highest BCUT2D eigenvalue weighted by molar-refractivity contribution is 6.00. The van der Waals surface area contributed by atoms with Gasteiger partial charge in [-0.25, -0.2) is 0 Å². The van der Waals surface area contributed by atoms with E-state index in [4.69, 9.17) is 0 Å². The lowest BCUT2D eigenvalue weighted by Gasteiger charge is -2.35. The van der Waals surface area contributed by atoms with E-state index in [0.717, 1.165) is 29.9 Å². The van der Waals surface area contributed by atoms with Crippen LogP contribution >= 0.6 is 0 Å². The predicted molar refractivity (Wildman–Crippen MR) is 264 cm³/mol. The molecule has 2 aliphatic rings. The van der Waals surface area contributed by atoms with E-state index in [-0.39, 0.29) is 0 Å². The van der Waals surface area contributed by atoms with Gasteiger partial charge in [0, 0.05) is 38.6 Å². The molecule has 0 atom stereocenters. The Labute approximate surface area is 368 Å². The Morgan fingerprint density at radius 3 is 1.75 bits per heavy atom. The van der Waals surface area contributed by atoms with Gasteiger partial charge in [0.15, 0.2) is 0 Å². The molecule has 63 heavy (non-hydrogen) atoms. The maximum absolute atomic E-state index is 2.48. The molecule has 2 nitrogen and oxygen atoms in total. The second kappa shape index (κ2) is 15.2. The van der Waals surface area contributed by atoms with Crippen LogP contribution in [-0.4, -0.2) is 4.57 Å². The molecule has 1 heterocycles. The standard InChI is InChI=1S/C61H44N2/c1-6-21-43(22-7-1)50-33-20-36-58(60(50)44-37-39-54-53-32-17-19-35-57(53)63(59(54)41-44)48-29-14-5-15-30-48)62(47-27-12-4-13-28-47)49-38-40-52-51-31-16-18-34-55(51)61(56(52)42-49,45-23-8-2-9-24-45)46-25-10-3-11-26-46/h1-16,18,20-42H,17,19H2. The lowest BCUT2D eigenvalue weighted by molar-refractivity contribution is 0.768. The first-order valence-corrected chi connectivity index (χ1v) is 22.1. The quantitative estimate of drug-likeness (QED) is 0.149. The number of para-hydroxylation sites is 2. The topological polar surface area (TPSA) is 8.17 Å². The lowest BCUT2D eigenvalue weighted by atomic mass is 9.67. The summed E-state index contributed by atoms with van der Waals surface area (Å²) in [4.78, 5) is 2.48. The van der Waals surface area contributed by atoms with Crippen LogP contribution in [0.15, 0.2) is 231 Å². The summed E-state index contributed by atoms with van der Waals surface area (Å²) >= 11 is 0. The van der Waals surface area contributed by atoms with Crippen LogP contribution in [0.25, 0.3) is 62.1 Å². The smallest absolute Gasteiger partial charge is 0.0714 e. The zero-order valence-electron chi connectivity index (χ0n) is 34.9. The largest absolute Gasteiger partial charge is 0.310 e. The summed E-state index contributed by atoms with van der Waals surface area (Å²) in [5.74, 6) is 0. The van der Waals surface area contributed by atoms with Gasteiger partial charge in [-0.2, -0.15) is 0 Å². The van der Waals surface area contributed by atoms with E-state index in [1.54, 1.807) is 0 Å². The molecule has 1 aromatic heterocycles. The molecule has 0 N–H and O–H groups in total. The second-order valence-corrected chi connectivity index (χ2v) is 16.7. The Hall–Kier alpha value is -7.94. The molecular formula is C61H44N2. The van der Waals surface area contributed by atoms with Gasteiger partial charge in [-0.1, -0.05) is 194 Å². The zero-order valence-corrected chi connectivity index (χ0v) is 34.9. The summed E-state index contributed by atoms with van der Waals surface area (Å²) in [5, 5.41) is 3.89. The molecule has 0 saturated carbocycles. The SMILES string of the molecule is C1=c2c(n(-c3ccccc3)c3cc(-c4c(-c5ccccc5)cccc4N(c4ccccc4)c4ccc5c(c4)C(c4ccccc4)(c4ccccc4)c4ccccc4-5)ccc23)=CCC1. The third-order valence-electron chi connectivity index (χ3n) is 13.3. The van der Waals surface area contributed by atoms with Gasteiger partial charge in [0.05, 0.1) is 16.6 Å². The summed E-state index contributed by atoms with van der Waals surface area (Å²) in [6.07, 6.45) is 6.93. The second-order valence-electron chi connectivity index (χ2n) is 16.7. The van der Waals surface area contributed by atoms with Crippen molar-refractivity contribution in [2.75, 3.05) is 4.90 Å². The van der Waals surface area contributed by atoms with Crippen molar-refractivity contribution in [2.24, 2.45) is 0 Å². The molecule has 10 aromatic rings. The van der Waals surface area contributed by atoms with E-state index < -0.39 is 5.41 Å². The first kappa shape index (κ1) is 36.9. The van der Waals surface area contributed by atoms with Gasteiger partial charge in [-0.15, -0.1) is 0 Å². The molecule has 0 aliphatic heterocycles. The number of fused-ring (bicyclic) bond motifs is 6. The van der Waals surface area contributed by atoms with Crippen LogP contribution in [0.4, 0.5) is 17.1 Å². The van der Waals surface area contributed by atoms with Crippen molar-refractivity contribution in [3.8, 4) is 39.1 Å². The molecule has 2 heteroatoms. The zero-order chi connectivity index (χ0) is 41.7. The highest BCUT2D eigenvalue weighted by Gasteiger charge is 2.46. The molecule has 12 rings (SSSR count). The minimum absolute atomic E-state index is 0.525. The van der Waals surface area contributed by atoms with Gasteiger partial charge in [0.2, 0.25) is 0 Å². The summed E-state index contributed by atoms with van der Waals surface area (Å²) in [7, 11) is 0. The molecule has 2 aliphatic carbocycles. The monoisotopic (exact) mass is 804 g/mol. The van der Waals surface area contributed by atoms with Crippen molar-refractivity contribution < 1.29 is 0 Å². The van der Waals surface area contributed by atoms with E-state index in [1.165, 1.54) is 82.8 Å². The molecule has 0 radical (unpaired) electrons. The fourth-order valence-electron chi connectivity index (χ4n) is 10.7. The highest BCUT2D eigenvalue weighted by Crippen LogP contribution is 2.57. The first-order chi connectivity index (χ1) is 31.3. The van der Waals surface area contributed by atoms with Crippen LogP contribution < -0.4 is 15.5 Å². The third-order valence-corrected chi connectivity index (χ3v) is 13.3. The number of anilines is 3.